The van der Waals surface area contributed by atoms with E-state index in [1.54, 1.807) is 27.7 Å². The molecule has 0 radical (unpaired) electrons. The van der Waals surface area contributed by atoms with E-state index in [4.69, 9.17) is 5.73 Å². The number of carbonyl (C=O) groups is 4. The first-order valence-electron chi connectivity index (χ1n) is 9.80. The molecule has 0 saturated heterocycles. The summed E-state index contributed by atoms with van der Waals surface area (Å²) in [4.78, 5) is 55.8. The van der Waals surface area contributed by atoms with E-state index in [1.807, 2.05) is 0 Å². The van der Waals surface area contributed by atoms with Crippen LogP contribution in [0.2, 0.25) is 0 Å². The number of aromatic amines is 1. The van der Waals surface area contributed by atoms with E-state index in [0.29, 0.717) is 5.69 Å². The molecule has 0 fully saturated rings. The van der Waals surface area contributed by atoms with Crippen molar-refractivity contribution < 1.29 is 24.3 Å². The summed E-state index contributed by atoms with van der Waals surface area (Å²) in [6.45, 7) is 8.32. The van der Waals surface area contributed by atoms with E-state index < -0.39 is 47.9 Å². The van der Waals surface area contributed by atoms with Gasteiger partial charge in [0.25, 0.3) is 0 Å². The number of nitrogens with one attached hydrogen (secondary N) is 4. The maximum atomic E-state index is 12.9. The zero-order valence-corrected chi connectivity index (χ0v) is 17.9. The molecule has 1 heterocycles. The Bertz CT molecular complexity index is 732. The predicted octanol–water partition coefficient (Wildman–Crippen LogP) is -0.850. The van der Waals surface area contributed by atoms with Crippen LogP contribution in [0.25, 0.3) is 0 Å². The minimum atomic E-state index is -1.17. The minimum absolute atomic E-state index is 0.0636. The molecule has 0 aromatic carbocycles. The first-order chi connectivity index (χ1) is 13.9. The number of carboxylic acid groups (broad SMARTS) is 1. The molecule has 1 aromatic rings. The highest BCUT2D eigenvalue weighted by molar-refractivity contribution is 5.94. The maximum Gasteiger partial charge on any atom is 0.326 e. The molecule has 0 saturated carbocycles. The lowest BCUT2D eigenvalue weighted by molar-refractivity contribution is -0.143. The first kappa shape index (κ1) is 25.1. The Balaban J connectivity index is 3.03. The van der Waals surface area contributed by atoms with Gasteiger partial charge >= 0.3 is 5.97 Å². The Kier molecular flexibility index (Phi) is 9.44. The van der Waals surface area contributed by atoms with Crippen LogP contribution in [-0.2, 0) is 25.6 Å². The largest absolute Gasteiger partial charge is 0.480 e. The van der Waals surface area contributed by atoms with E-state index in [1.165, 1.54) is 19.4 Å². The summed E-state index contributed by atoms with van der Waals surface area (Å²) in [5, 5.41) is 17.0. The summed E-state index contributed by atoms with van der Waals surface area (Å²) in [6, 6.07) is -3.91. The lowest BCUT2D eigenvalue weighted by Crippen LogP contribution is -2.59. The average Bonchev–Trinajstić information content (AvgIpc) is 3.15. The molecule has 7 N–H and O–H groups in total. The Labute approximate surface area is 175 Å². The SMILES string of the molecule is CC(N)C(=O)NC(C(=O)NC(Cc1cnc[nH]1)C(=O)NC(C(=O)O)C(C)C)C(C)C. The smallest absolute Gasteiger partial charge is 0.326 e. The molecule has 1 rings (SSSR count). The molecule has 1 aromatic heterocycles. The van der Waals surface area contributed by atoms with Crippen molar-refractivity contribution in [1.82, 2.24) is 25.9 Å². The quantitative estimate of drug-likeness (QED) is 0.268. The molecule has 168 valence electrons. The van der Waals surface area contributed by atoms with Gasteiger partial charge in [0, 0.05) is 18.3 Å². The van der Waals surface area contributed by atoms with Gasteiger partial charge in [-0.15, -0.1) is 0 Å². The third-order valence-electron chi connectivity index (χ3n) is 4.50. The van der Waals surface area contributed by atoms with E-state index in [2.05, 4.69) is 25.9 Å². The highest BCUT2D eigenvalue weighted by atomic mass is 16.4. The van der Waals surface area contributed by atoms with Gasteiger partial charge in [0.1, 0.15) is 18.1 Å². The molecule has 11 heteroatoms. The third kappa shape index (κ3) is 7.47. The van der Waals surface area contributed by atoms with Gasteiger partial charge in [0.15, 0.2) is 0 Å². The Hall–Kier alpha value is -2.95. The molecule has 0 aliphatic heterocycles. The molecule has 30 heavy (non-hydrogen) atoms. The number of H-pyrrole nitrogens is 1. The van der Waals surface area contributed by atoms with Gasteiger partial charge in [-0.05, 0) is 18.8 Å². The van der Waals surface area contributed by atoms with Gasteiger partial charge in [-0.1, -0.05) is 27.7 Å². The number of rotatable bonds is 11. The van der Waals surface area contributed by atoms with Gasteiger partial charge in [-0.3, -0.25) is 14.4 Å². The van der Waals surface area contributed by atoms with Crippen molar-refractivity contribution in [2.75, 3.05) is 0 Å². The second-order valence-electron chi connectivity index (χ2n) is 7.93. The van der Waals surface area contributed by atoms with Crippen molar-refractivity contribution >= 4 is 23.7 Å². The Morgan fingerprint density at radius 2 is 1.53 bits per heavy atom. The minimum Gasteiger partial charge on any atom is -0.480 e. The van der Waals surface area contributed by atoms with Crippen LogP contribution < -0.4 is 21.7 Å². The van der Waals surface area contributed by atoms with Crippen LogP contribution >= 0.6 is 0 Å². The highest BCUT2D eigenvalue weighted by Crippen LogP contribution is 2.07. The van der Waals surface area contributed by atoms with Gasteiger partial charge in [-0.25, -0.2) is 9.78 Å². The van der Waals surface area contributed by atoms with Crippen LogP contribution in [0.15, 0.2) is 12.5 Å². The van der Waals surface area contributed by atoms with Crippen molar-refractivity contribution in [3.63, 3.8) is 0 Å². The van der Waals surface area contributed by atoms with E-state index in [0.717, 1.165) is 0 Å². The van der Waals surface area contributed by atoms with Gasteiger partial charge in [0.2, 0.25) is 17.7 Å². The number of aromatic nitrogens is 2. The normalized spacial score (nSPS) is 15.2. The van der Waals surface area contributed by atoms with Gasteiger partial charge in [-0.2, -0.15) is 0 Å². The summed E-state index contributed by atoms with van der Waals surface area (Å²) >= 11 is 0. The predicted molar refractivity (Wildman–Crippen MR) is 109 cm³/mol. The maximum absolute atomic E-state index is 12.9. The number of hydrogen-bond acceptors (Lipinski definition) is 6. The van der Waals surface area contributed by atoms with Crippen LogP contribution in [0.4, 0.5) is 0 Å². The number of imidazole rings is 1. The first-order valence-corrected chi connectivity index (χ1v) is 9.80. The zero-order chi connectivity index (χ0) is 23.0. The third-order valence-corrected chi connectivity index (χ3v) is 4.50. The number of carboxylic acids is 1. The van der Waals surface area contributed by atoms with Crippen LogP contribution in [0.5, 0.6) is 0 Å². The lowest BCUT2D eigenvalue weighted by atomic mass is 10.0. The fourth-order valence-corrected chi connectivity index (χ4v) is 2.67. The van der Waals surface area contributed by atoms with Crippen molar-refractivity contribution in [3.05, 3.63) is 18.2 Å². The molecule has 4 atom stereocenters. The summed E-state index contributed by atoms with van der Waals surface area (Å²) in [7, 11) is 0. The number of hydrogen-bond donors (Lipinski definition) is 6. The second kappa shape index (κ2) is 11.3. The Morgan fingerprint density at radius 3 is 1.97 bits per heavy atom. The lowest BCUT2D eigenvalue weighted by Gasteiger charge is -2.27. The number of aliphatic carboxylic acids is 1. The fourth-order valence-electron chi connectivity index (χ4n) is 2.67. The molecule has 3 amide bonds. The van der Waals surface area contributed by atoms with E-state index in [9.17, 15) is 24.3 Å². The van der Waals surface area contributed by atoms with Gasteiger partial charge in [0.05, 0.1) is 12.4 Å². The summed E-state index contributed by atoms with van der Waals surface area (Å²) in [5.74, 6) is -3.52. The highest BCUT2D eigenvalue weighted by Gasteiger charge is 2.32. The summed E-state index contributed by atoms with van der Waals surface area (Å²) in [6.07, 6.45) is 3.00. The van der Waals surface area contributed by atoms with Crippen LogP contribution in [-0.4, -0.2) is 62.9 Å². The van der Waals surface area contributed by atoms with Crippen LogP contribution in [0.3, 0.4) is 0 Å². The van der Waals surface area contributed by atoms with Crippen molar-refractivity contribution in [2.45, 2.75) is 65.2 Å². The zero-order valence-electron chi connectivity index (χ0n) is 17.9. The van der Waals surface area contributed by atoms with Crippen LogP contribution in [0.1, 0.15) is 40.3 Å². The molecule has 4 unspecified atom stereocenters. The summed E-state index contributed by atoms with van der Waals surface area (Å²) in [5.41, 5.74) is 6.14. The molecule has 0 aliphatic carbocycles. The standard InChI is InChI=1S/C19H32N6O5/c1-9(2)14(24-16(26)11(5)20)18(28)23-13(6-12-7-21-8-22-12)17(27)25-15(10(3)4)19(29)30/h7-11,13-15H,6,20H2,1-5H3,(H,21,22)(H,23,28)(H,24,26)(H,25,27)(H,29,30). The van der Waals surface area contributed by atoms with Crippen molar-refractivity contribution in [2.24, 2.45) is 17.6 Å². The average molecular weight is 425 g/mol. The number of nitrogens with two attached hydrogens (primary N) is 1. The van der Waals surface area contributed by atoms with Gasteiger partial charge < -0.3 is 31.8 Å². The summed E-state index contributed by atoms with van der Waals surface area (Å²) < 4.78 is 0. The molecule has 11 nitrogen and oxygen atoms in total. The molecule has 0 aliphatic rings. The molecule has 0 spiro atoms. The number of amides is 3. The van der Waals surface area contributed by atoms with Crippen molar-refractivity contribution in [3.8, 4) is 0 Å². The van der Waals surface area contributed by atoms with E-state index in [-0.39, 0.29) is 18.3 Å². The molecular weight excluding hydrogens is 392 g/mol. The Morgan fingerprint density at radius 1 is 0.967 bits per heavy atom. The monoisotopic (exact) mass is 424 g/mol. The topological polar surface area (TPSA) is 179 Å². The second-order valence-corrected chi connectivity index (χ2v) is 7.93. The fraction of sp³-hybridized carbons (Fsp3) is 0.632. The van der Waals surface area contributed by atoms with Crippen molar-refractivity contribution in [1.29, 1.82) is 0 Å². The number of nitrogens with zero attached hydrogens (tertiary/aromatic N) is 1. The molecule has 0 bridgehead atoms. The van der Waals surface area contributed by atoms with E-state index >= 15 is 0 Å². The number of carbonyl (C=O) groups excluding carboxylic acids is 3. The van der Waals surface area contributed by atoms with Crippen LogP contribution in [0, 0.1) is 11.8 Å². The molecular formula is C19H32N6O5.